The molecule has 0 aliphatic carbocycles. The number of halogens is 5. The number of aryl methyl sites for hydroxylation is 1. The van der Waals surface area contributed by atoms with Crippen LogP contribution in [0, 0.1) is 29.9 Å². The van der Waals surface area contributed by atoms with Crippen molar-refractivity contribution in [3.05, 3.63) is 90.9 Å². The van der Waals surface area contributed by atoms with E-state index in [4.69, 9.17) is 40.5 Å². The van der Waals surface area contributed by atoms with Crippen molar-refractivity contribution in [3.63, 3.8) is 0 Å². The van der Waals surface area contributed by atoms with Crippen LogP contribution in [0.4, 0.5) is 20.2 Å². The first kappa shape index (κ1) is 33.2. The number of nitrogens with zero attached hydrogens (tertiary/aromatic N) is 5. The number of carbonyl (C=O) groups is 1. The van der Waals surface area contributed by atoms with Crippen LogP contribution in [-0.2, 0) is 4.79 Å². The van der Waals surface area contributed by atoms with Gasteiger partial charge in [0.25, 0.3) is 5.56 Å². The van der Waals surface area contributed by atoms with Crippen LogP contribution in [0.2, 0.25) is 15.1 Å². The number of aromatic nitrogens is 2. The predicted molar refractivity (Wildman–Crippen MR) is 179 cm³/mol. The summed E-state index contributed by atoms with van der Waals surface area (Å²) in [6.45, 7) is 11.6. The molecule has 1 fully saturated rings. The number of fused-ring (bicyclic) bond motifs is 1. The summed E-state index contributed by atoms with van der Waals surface area (Å²) < 4.78 is 33.3. The molecule has 5 rings (SSSR count). The maximum Gasteiger partial charge on any atom is 0.275 e. The van der Waals surface area contributed by atoms with Crippen molar-refractivity contribution in [2.24, 2.45) is 0 Å². The van der Waals surface area contributed by atoms with E-state index in [1.54, 1.807) is 29.0 Å². The number of piperazine rings is 1. The van der Waals surface area contributed by atoms with Crippen molar-refractivity contribution < 1.29 is 13.6 Å². The lowest BCUT2D eigenvalue weighted by molar-refractivity contribution is -0.128. The van der Waals surface area contributed by atoms with E-state index >= 15 is 8.78 Å². The van der Waals surface area contributed by atoms with Crippen molar-refractivity contribution in [1.29, 1.82) is 5.26 Å². The zero-order valence-electron chi connectivity index (χ0n) is 25.4. The summed E-state index contributed by atoms with van der Waals surface area (Å²) in [7, 11) is 0. The maximum atomic E-state index is 16.4. The standard InChI is InChI=1S/C33H29Cl3F2N6O2/c1-6-23(45)43-10-9-42(14-17(43)5)31-18-11-22(37)24(25-27(38)20(34)12-21(35)28(25)40)26(36)32(18)44(33(46)19(31)13-39)30-16(4)7-8-41-29(30)15(2)3/h6-8,11-12,15,17H,1,9-10,14,40H2,2-5H3. The number of amides is 1. The average molecular weight is 686 g/mol. The molecule has 4 aromatic rings. The third kappa shape index (κ3) is 5.26. The van der Waals surface area contributed by atoms with Gasteiger partial charge in [0, 0.05) is 48.4 Å². The number of benzene rings is 2. The first-order valence-electron chi connectivity index (χ1n) is 14.3. The molecule has 46 heavy (non-hydrogen) atoms. The van der Waals surface area contributed by atoms with E-state index in [-0.39, 0.29) is 75.4 Å². The third-order valence-corrected chi connectivity index (χ3v) is 9.18. The molecule has 1 unspecified atom stereocenters. The number of nitrogen functional groups attached to an aromatic ring is 1. The smallest absolute Gasteiger partial charge is 0.275 e. The first-order chi connectivity index (χ1) is 21.7. The van der Waals surface area contributed by atoms with Gasteiger partial charge in [-0.15, -0.1) is 0 Å². The molecule has 8 nitrogen and oxygen atoms in total. The van der Waals surface area contributed by atoms with Gasteiger partial charge in [0.15, 0.2) is 5.82 Å². The molecule has 1 aliphatic heterocycles. The zero-order chi connectivity index (χ0) is 33.8. The Labute approximate surface area is 279 Å². The molecule has 238 valence electrons. The molecule has 2 aromatic carbocycles. The quantitative estimate of drug-likeness (QED) is 0.133. The Hall–Kier alpha value is -4.17. The zero-order valence-corrected chi connectivity index (χ0v) is 27.7. The van der Waals surface area contributed by atoms with E-state index < -0.39 is 33.3 Å². The monoisotopic (exact) mass is 684 g/mol. The normalized spacial score (nSPS) is 15.0. The van der Waals surface area contributed by atoms with Gasteiger partial charge in [-0.1, -0.05) is 55.2 Å². The van der Waals surface area contributed by atoms with Crippen LogP contribution in [0.5, 0.6) is 0 Å². The second-order valence-electron chi connectivity index (χ2n) is 11.4. The Bertz CT molecular complexity index is 2030. The molecule has 1 atom stereocenters. The number of pyridine rings is 2. The average Bonchev–Trinajstić information content (AvgIpc) is 3.01. The molecular formula is C33H29Cl3F2N6O2. The molecule has 13 heteroatoms. The van der Waals surface area contributed by atoms with Gasteiger partial charge in [-0.25, -0.2) is 8.78 Å². The largest absolute Gasteiger partial charge is 0.397 e. The Kier molecular flexibility index (Phi) is 9.06. The Morgan fingerprint density at radius 3 is 2.48 bits per heavy atom. The number of nitriles is 1. The first-order valence-corrected chi connectivity index (χ1v) is 15.5. The SMILES string of the molecule is C=CC(=O)N1CCN(c2c(C#N)c(=O)n(-c3c(C)ccnc3C(C)C)c3c(Cl)c(-c4c(N)c(Cl)cc(Cl)c4F)c(F)cc23)CC1C. The van der Waals surface area contributed by atoms with Gasteiger partial charge in [-0.05, 0) is 49.6 Å². The van der Waals surface area contributed by atoms with Crippen LogP contribution in [-0.4, -0.2) is 46.0 Å². The number of hydrogen-bond acceptors (Lipinski definition) is 6. The van der Waals surface area contributed by atoms with Gasteiger partial charge in [-0.2, -0.15) is 5.26 Å². The summed E-state index contributed by atoms with van der Waals surface area (Å²) >= 11 is 19.4. The number of nitrogens with two attached hydrogens (primary N) is 1. The van der Waals surface area contributed by atoms with Crippen molar-refractivity contribution in [1.82, 2.24) is 14.5 Å². The Morgan fingerprint density at radius 2 is 1.87 bits per heavy atom. The molecular weight excluding hydrogens is 657 g/mol. The summed E-state index contributed by atoms with van der Waals surface area (Å²) in [4.78, 5) is 34.9. The highest BCUT2D eigenvalue weighted by atomic mass is 35.5. The van der Waals surface area contributed by atoms with Gasteiger partial charge in [0.2, 0.25) is 5.91 Å². The predicted octanol–water partition coefficient (Wildman–Crippen LogP) is 7.40. The maximum absolute atomic E-state index is 16.4. The molecule has 0 radical (unpaired) electrons. The molecule has 1 aliphatic rings. The van der Waals surface area contributed by atoms with E-state index in [0.29, 0.717) is 16.9 Å². The fourth-order valence-electron chi connectivity index (χ4n) is 6.07. The number of anilines is 2. The molecule has 0 spiro atoms. The van der Waals surface area contributed by atoms with Crippen LogP contribution in [0.25, 0.3) is 27.7 Å². The molecule has 0 saturated carbocycles. The number of rotatable bonds is 5. The van der Waals surface area contributed by atoms with Gasteiger partial charge in [-0.3, -0.25) is 19.1 Å². The van der Waals surface area contributed by atoms with Crippen LogP contribution in [0.15, 0.2) is 41.8 Å². The summed E-state index contributed by atoms with van der Waals surface area (Å²) in [5.74, 6) is -2.49. The van der Waals surface area contributed by atoms with Crippen molar-refractivity contribution in [2.75, 3.05) is 30.3 Å². The van der Waals surface area contributed by atoms with E-state index in [1.807, 2.05) is 26.8 Å². The van der Waals surface area contributed by atoms with Crippen LogP contribution < -0.4 is 16.2 Å². The van der Waals surface area contributed by atoms with Gasteiger partial charge < -0.3 is 15.5 Å². The highest BCUT2D eigenvalue weighted by Gasteiger charge is 2.34. The lowest BCUT2D eigenvalue weighted by Gasteiger charge is -2.41. The highest BCUT2D eigenvalue weighted by Crippen LogP contribution is 2.47. The lowest BCUT2D eigenvalue weighted by Crippen LogP contribution is -2.54. The van der Waals surface area contributed by atoms with E-state index in [9.17, 15) is 14.9 Å². The summed E-state index contributed by atoms with van der Waals surface area (Å²) in [6, 6.07) is 5.59. The minimum atomic E-state index is -1.05. The second-order valence-corrected chi connectivity index (χ2v) is 12.6. The minimum absolute atomic E-state index is 0.00205. The molecule has 1 saturated heterocycles. The Balaban J connectivity index is 1.98. The van der Waals surface area contributed by atoms with Crippen LogP contribution >= 0.6 is 34.8 Å². The van der Waals surface area contributed by atoms with Crippen molar-refractivity contribution in [3.8, 4) is 22.9 Å². The second kappa shape index (κ2) is 12.6. The highest BCUT2D eigenvalue weighted by molar-refractivity contribution is 6.40. The van der Waals surface area contributed by atoms with E-state index in [1.165, 1.54) is 10.6 Å². The van der Waals surface area contributed by atoms with Gasteiger partial charge in [0.1, 0.15) is 17.4 Å². The number of hydrogen-bond donors (Lipinski definition) is 1. The topological polar surface area (TPSA) is 108 Å². The minimum Gasteiger partial charge on any atom is -0.397 e. The lowest BCUT2D eigenvalue weighted by atomic mass is 9.96. The molecule has 2 N–H and O–H groups in total. The van der Waals surface area contributed by atoms with Crippen LogP contribution in [0.3, 0.4) is 0 Å². The summed E-state index contributed by atoms with van der Waals surface area (Å²) in [5, 5.41) is 9.68. The Morgan fingerprint density at radius 1 is 1.17 bits per heavy atom. The van der Waals surface area contributed by atoms with Crippen molar-refractivity contribution in [2.45, 2.75) is 39.7 Å². The third-order valence-electron chi connectivity index (χ3n) is 8.22. The van der Waals surface area contributed by atoms with E-state index in [2.05, 4.69) is 11.6 Å². The summed E-state index contributed by atoms with van der Waals surface area (Å²) in [6.07, 6.45) is 2.82. The van der Waals surface area contributed by atoms with Gasteiger partial charge in [0.05, 0.1) is 43.3 Å². The fraction of sp³-hybridized carbons (Fsp3) is 0.273. The fourth-order valence-corrected chi connectivity index (χ4v) is 6.91. The summed E-state index contributed by atoms with van der Waals surface area (Å²) in [5.41, 5.74) is 5.56. The molecule has 1 amide bonds. The van der Waals surface area contributed by atoms with Gasteiger partial charge >= 0.3 is 0 Å². The molecule has 2 aromatic heterocycles. The molecule has 0 bridgehead atoms. The van der Waals surface area contributed by atoms with Crippen molar-refractivity contribution >= 4 is 63.0 Å². The molecule has 3 heterocycles. The number of carbonyl (C=O) groups excluding carboxylic acids is 1. The van der Waals surface area contributed by atoms with E-state index in [0.717, 1.165) is 12.1 Å². The van der Waals surface area contributed by atoms with Crippen LogP contribution in [0.1, 0.15) is 43.5 Å².